The molecule has 1 amide bonds. The molecule has 1 rings (SSSR count). The van der Waals surface area contributed by atoms with E-state index < -0.39 is 49.5 Å². The second-order valence-corrected chi connectivity index (χ2v) is 25.4. The number of unbranched alkanes of at least 4 members (excludes halogenated alkanes) is 50. The van der Waals surface area contributed by atoms with Gasteiger partial charge in [0.1, 0.15) is 24.4 Å². The van der Waals surface area contributed by atoms with E-state index >= 15 is 0 Å². The van der Waals surface area contributed by atoms with E-state index in [1.807, 2.05) is 6.08 Å². The third kappa shape index (κ3) is 50.6. The molecule has 7 atom stereocenters. The third-order valence-electron chi connectivity index (χ3n) is 17.4. The highest BCUT2D eigenvalue weighted by Gasteiger charge is 2.44. The summed E-state index contributed by atoms with van der Waals surface area (Å²) in [6.07, 6.45) is 77.0. The van der Waals surface area contributed by atoms with Crippen molar-refractivity contribution in [3.05, 3.63) is 36.5 Å². The first kappa shape index (κ1) is 78.4. The quantitative estimate of drug-likeness (QED) is 0.0261. The van der Waals surface area contributed by atoms with Crippen molar-refractivity contribution in [2.75, 3.05) is 13.2 Å². The van der Waals surface area contributed by atoms with Gasteiger partial charge in [-0.3, -0.25) is 4.79 Å². The van der Waals surface area contributed by atoms with E-state index in [0.717, 1.165) is 38.5 Å². The molecular weight excluding hydrogens is 1020 g/mol. The van der Waals surface area contributed by atoms with Crippen molar-refractivity contribution in [2.24, 2.45) is 0 Å². The summed E-state index contributed by atoms with van der Waals surface area (Å²) < 4.78 is 11.3. The minimum absolute atomic E-state index is 0.179. The fraction of sp³-hybridized carbons (Fsp3) is 0.904. The molecule has 1 heterocycles. The van der Waals surface area contributed by atoms with E-state index in [1.54, 1.807) is 6.08 Å². The standard InChI is InChI=1S/C73H139NO8/c1-3-5-7-9-11-13-15-17-19-21-23-25-27-28-29-30-31-32-33-34-35-36-37-38-39-40-41-43-45-47-49-51-53-55-57-59-61-63-69(77)74-66(65-81-73-72(80)71(79)70(78)68(64-75)82-73)67(76)62-60-58-56-54-52-50-48-46-44-42-26-24-22-20-18-16-14-12-10-8-6-4-2/h21,23,52,54,60,62,66-68,70-73,75-76,78-80H,3-20,22,24-51,53,55-59,61,63-65H2,1-2H3,(H,74,77)/b23-21-,54-52+,62-60+. The maximum atomic E-state index is 13.1. The van der Waals surface area contributed by atoms with Crippen LogP contribution in [-0.2, 0) is 14.3 Å². The van der Waals surface area contributed by atoms with Crippen LogP contribution < -0.4 is 5.32 Å². The Labute approximate surface area is 508 Å². The van der Waals surface area contributed by atoms with Crippen LogP contribution in [-0.4, -0.2) is 87.5 Å². The number of allylic oxidation sites excluding steroid dienone is 5. The van der Waals surface area contributed by atoms with E-state index in [9.17, 15) is 30.3 Å². The number of ether oxygens (including phenoxy) is 2. The first-order valence-electron chi connectivity index (χ1n) is 36.2. The fourth-order valence-electron chi connectivity index (χ4n) is 11.8. The molecule has 0 aromatic rings. The molecule has 0 saturated carbocycles. The molecule has 1 aliphatic rings. The zero-order valence-electron chi connectivity index (χ0n) is 54.3. The Morgan fingerprint density at radius 3 is 1.02 bits per heavy atom. The molecule has 0 aromatic heterocycles. The summed E-state index contributed by atoms with van der Waals surface area (Å²) in [6.45, 7) is 3.81. The van der Waals surface area contributed by atoms with Crippen molar-refractivity contribution >= 4 is 5.91 Å². The van der Waals surface area contributed by atoms with Gasteiger partial charge >= 0.3 is 0 Å². The van der Waals surface area contributed by atoms with Crippen LogP contribution in [0.3, 0.4) is 0 Å². The van der Waals surface area contributed by atoms with Gasteiger partial charge in [0, 0.05) is 6.42 Å². The van der Waals surface area contributed by atoms with Crippen molar-refractivity contribution in [1.29, 1.82) is 0 Å². The predicted octanol–water partition coefficient (Wildman–Crippen LogP) is 19.8. The first-order valence-corrected chi connectivity index (χ1v) is 36.2. The molecule has 0 spiro atoms. The molecule has 484 valence electrons. The number of aliphatic hydroxyl groups excluding tert-OH is 5. The van der Waals surface area contributed by atoms with Crippen LogP contribution >= 0.6 is 0 Å². The average molecular weight is 1160 g/mol. The molecule has 0 aliphatic carbocycles. The lowest BCUT2D eigenvalue weighted by Crippen LogP contribution is -2.60. The monoisotopic (exact) mass is 1160 g/mol. The highest BCUT2D eigenvalue weighted by molar-refractivity contribution is 5.76. The predicted molar refractivity (Wildman–Crippen MR) is 350 cm³/mol. The molecule has 1 saturated heterocycles. The Morgan fingerprint density at radius 1 is 0.402 bits per heavy atom. The van der Waals surface area contributed by atoms with E-state index in [1.165, 1.54) is 308 Å². The number of carbonyl (C=O) groups excluding carboxylic acids is 1. The zero-order chi connectivity index (χ0) is 59.3. The molecular formula is C73H139NO8. The Bertz CT molecular complexity index is 1390. The number of carbonyl (C=O) groups is 1. The summed E-state index contributed by atoms with van der Waals surface area (Å²) in [5.74, 6) is -0.179. The summed E-state index contributed by atoms with van der Waals surface area (Å²) in [7, 11) is 0. The van der Waals surface area contributed by atoms with Crippen molar-refractivity contribution < 1.29 is 39.8 Å². The van der Waals surface area contributed by atoms with Crippen LogP contribution in [0.2, 0.25) is 0 Å². The van der Waals surface area contributed by atoms with Gasteiger partial charge < -0.3 is 40.3 Å². The molecule has 6 N–H and O–H groups in total. The average Bonchev–Trinajstić information content (AvgIpc) is 3.59. The van der Waals surface area contributed by atoms with Crippen LogP contribution in [0.25, 0.3) is 0 Å². The van der Waals surface area contributed by atoms with Gasteiger partial charge in [0.05, 0.1) is 25.4 Å². The van der Waals surface area contributed by atoms with Gasteiger partial charge in [0.25, 0.3) is 0 Å². The van der Waals surface area contributed by atoms with Gasteiger partial charge in [0.2, 0.25) is 5.91 Å². The van der Waals surface area contributed by atoms with Crippen molar-refractivity contribution in [3.63, 3.8) is 0 Å². The van der Waals surface area contributed by atoms with E-state index in [0.29, 0.717) is 6.42 Å². The van der Waals surface area contributed by atoms with Crippen LogP contribution in [0.1, 0.15) is 367 Å². The molecule has 0 bridgehead atoms. The largest absolute Gasteiger partial charge is 0.394 e. The molecule has 1 aliphatic heterocycles. The second kappa shape index (κ2) is 62.5. The van der Waals surface area contributed by atoms with Gasteiger partial charge in [-0.1, -0.05) is 339 Å². The van der Waals surface area contributed by atoms with Crippen molar-refractivity contribution in [3.8, 4) is 0 Å². The highest BCUT2D eigenvalue weighted by Crippen LogP contribution is 2.23. The Hall–Kier alpha value is -1.59. The fourth-order valence-corrected chi connectivity index (χ4v) is 11.8. The molecule has 9 nitrogen and oxygen atoms in total. The number of amides is 1. The summed E-state index contributed by atoms with van der Waals surface area (Å²) in [5, 5.41) is 54.7. The molecule has 0 aromatic carbocycles. The number of hydrogen-bond acceptors (Lipinski definition) is 8. The Kier molecular flexibility index (Phi) is 59.7. The number of rotatable bonds is 64. The third-order valence-corrected chi connectivity index (χ3v) is 17.4. The van der Waals surface area contributed by atoms with E-state index in [4.69, 9.17) is 9.47 Å². The maximum Gasteiger partial charge on any atom is 0.220 e. The number of nitrogens with one attached hydrogen (secondary N) is 1. The summed E-state index contributed by atoms with van der Waals surface area (Å²) in [6, 6.07) is -0.821. The lowest BCUT2D eigenvalue weighted by Gasteiger charge is -2.40. The Morgan fingerprint density at radius 2 is 0.695 bits per heavy atom. The van der Waals surface area contributed by atoms with Crippen LogP contribution in [0.15, 0.2) is 36.5 Å². The molecule has 0 radical (unpaired) electrons. The van der Waals surface area contributed by atoms with Gasteiger partial charge in [-0.25, -0.2) is 0 Å². The normalized spacial score (nSPS) is 18.5. The smallest absolute Gasteiger partial charge is 0.220 e. The molecule has 7 unspecified atom stereocenters. The van der Waals surface area contributed by atoms with Crippen molar-refractivity contribution in [2.45, 2.75) is 410 Å². The summed E-state index contributed by atoms with van der Waals surface area (Å²) in [4.78, 5) is 13.1. The summed E-state index contributed by atoms with van der Waals surface area (Å²) in [5.41, 5.74) is 0. The minimum Gasteiger partial charge on any atom is -0.394 e. The first-order chi connectivity index (χ1) is 40.3. The lowest BCUT2D eigenvalue weighted by molar-refractivity contribution is -0.302. The lowest BCUT2D eigenvalue weighted by atomic mass is 9.99. The number of aliphatic hydroxyl groups is 5. The SMILES string of the molecule is CCCCCCCCCC/C=C\CCCCCCCCCCCCCCCCCCCCCCCCCCCC(=O)NC(COC1OC(CO)C(O)C(O)C1O)C(O)/C=C/CC/C=C/CCCCCCCCCCCCCCCCCC. The highest BCUT2D eigenvalue weighted by atomic mass is 16.7. The summed E-state index contributed by atoms with van der Waals surface area (Å²) >= 11 is 0. The zero-order valence-corrected chi connectivity index (χ0v) is 54.3. The van der Waals surface area contributed by atoms with E-state index in [2.05, 4.69) is 43.5 Å². The second-order valence-electron chi connectivity index (χ2n) is 25.4. The topological polar surface area (TPSA) is 149 Å². The van der Waals surface area contributed by atoms with Gasteiger partial charge in [0.15, 0.2) is 6.29 Å². The van der Waals surface area contributed by atoms with Crippen LogP contribution in [0, 0.1) is 0 Å². The minimum atomic E-state index is -1.57. The van der Waals surface area contributed by atoms with Gasteiger partial charge in [-0.05, 0) is 57.8 Å². The molecule has 1 fully saturated rings. The van der Waals surface area contributed by atoms with Crippen molar-refractivity contribution in [1.82, 2.24) is 5.32 Å². The Balaban J connectivity index is 2.08. The number of hydrogen-bond donors (Lipinski definition) is 6. The maximum absolute atomic E-state index is 13.1. The van der Waals surface area contributed by atoms with E-state index in [-0.39, 0.29) is 12.5 Å². The van der Waals surface area contributed by atoms with Gasteiger partial charge in [-0.2, -0.15) is 0 Å². The van der Waals surface area contributed by atoms with Crippen LogP contribution in [0.5, 0.6) is 0 Å². The molecule has 82 heavy (non-hydrogen) atoms. The van der Waals surface area contributed by atoms with Crippen LogP contribution in [0.4, 0.5) is 0 Å². The molecule has 9 heteroatoms. The van der Waals surface area contributed by atoms with Gasteiger partial charge in [-0.15, -0.1) is 0 Å².